The van der Waals surface area contributed by atoms with E-state index in [4.69, 9.17) is 16.3 Å². The highest BCUT2D eigenvalue weighted by molar-refractivity contribution is 9.10. The Balaban J connectivity index is 3.03. The van der Waals surface area contributed by atoms with Crippen LogP contribution in [-0.4, -0.2) is 17.6 Å². The zero-order valence-corrected chi connectivity index (χ0v) is 11.2. The van der Waals surface area contributed by atoms with Crippen LogP contribution in [0.25, 0.3) is 0 Å². The van der Waals surface area contributed by atoms with E-state index in [0.717, 1.165) is 0 Å². The maximum atomic E-state index is 12.6. The summed E-state index contributed by atoms with van der Waals surface area (Å²) < 4.78 is 30.0. The highest BCUT2D eigenvalue weighted by Crippen LogP contribution is 2.30. The van der Waals surface area contributed by atoms with E-state index in [-0.39, 0.29) is 22.7 Å². The minimum absolute atomic E-state index is 0.0807. The lowest BCUT2D eigenvalue weighted by Gasteiger charge is -2.09. The highest BCUT2D eigenvalue weighted by Gasteiger charge is 2.19. The van der Waals surface area contributed by atoms with E-state index in [1.807, 2.05) is 0 Å². The monoisotopic (exact) mass is 327 g/mol. The van der Waals surface area contributed by atoms with Gasteiger partial charge >= 0.3 is 5.97 Å². The van der Waals surface area contributed by atoms with Gasteiger partial charge in [0, 0.05) is 4.47 Å². The van der Waals surface area contributed by atoms with E-state index < -0.39 is 18.1 Å². The standard InChI is InChI=1S/C10H9BrClF2NO2/c1-2-17-7(16)4-5-3-6(12)15-9(8(5)11)10(13)14/h3,10H,2,4H2,1H3. The Kier molecular flexibility index (Phi) is 5.27. The number of ether oxygens (including phenoxy) is 1. The molecule has 0 bridgehead atoms. The predicted octanol–water partition coefficient (Wildman–Crippen LogP) is 3.54. The van der Waals surface area contributed by atoms with Crippen LogP contribution in [0.15, 0.2) is 10.5 Å². The summed E-state index contributed by atoms with van der Waals surface area (Å²) in [5.74, 6) is -0.504. The summed E-state index contributed by atoms with van der Waals surface area (Å²) in [6, 6.07) is 1.36. The number of halogens is 4. The number of carbonyl (C=O) groups is 1. The largest absolute Gasteiger partial charge is 0.466 e. The maximum absolute atomic E-state index is 12.6. The molecule has 0 unspecified atom stereocenters. The Bertz CT molecular complexity index is 429. The van der Waals surface area contributed by atoms with Crippen molar-refractivity contribution in [2.24, 2.45) is 0 Å². The molecule has 3 nitrogen and oxygen atoms in total. The first-order valence-corrected chi connectivity index (χ1v) is 5.91. The number of alkyl halides is 2. The molecule has 0 N–H and O–H groups in total. The first-order chi connectivity index (χ1) is 7.95. The van der Waals surface area contributed by atoms with Crippen LogP contribution in [0.2, 0.25) is 5.15 Å². The van der Waals surface area contributed by atoms with Crippen molar-refractivity contribution in [3.8, 4) is 0 Å². The van der Waals surface area contributed by atoms with Gasteiger partial charge in [0.05, 0.1) is 13.0 Å². The lowest BCUT2D eigenvalue weighted by Crippen LogP contribution is -2.09. The van der Waals surface area contributed by atoms with Gasteiger partial charge in [0.25, 0.3) is 6.43 Å². The fraction of sp³-hybridized carbons (Fsp3) is 0.400. The number of pyridine rings is 1. The molecule has 0 amide bonds. The zero-order valence-electron chi connectivity index (χ0n) is 8.84. The van der Waals surface area contributed by atoms with Crippen molar-refractivity contribution in [3.63, 3.8) is 0 Å². The van der Waals surface area contributed by atoms with E-state index in [2.05, 4.69) is 20.9 Å². The SMILES string of the molecule is CCOC(=O)Cc1cc(Cl)nc(C(F)F)c1Br. The van der Waals surface area contributed by atoms with Crippen molar-refractivity contribution in [1.82, 2.24) is 4.98 Å². The van der Waals surface area contributed by atoms with Gasteiger partial charge in [0.2, 0.25) is 0 Å². The first kappa shape index (κ1) is 14.3. The van der Waals surface area contributed by atoms with Crippen molar-refractivity contribution < 1.29 is 18.3 Å². The van der Waals surface area contributed by atoms with Gasteiger partial charge in [-0.25, -0.2) is 13.8 Å². The van der Waals surface area contributed by atoms with E-state index in [9.17, 15) is 13.6 Å². The Morgan fingerprint density at radius 3 is 2.82 bits per heavy atom. The number of rotatable bonds is 4. The Labute approximate surface area is 110 Å². The molecule has 0 aliphatic carbocycles. The number of nitrogens with zero attached hydrogens (tertiary/aromatic N) is 1. The molecule has 1 aromatic heterocycles. The molecular weight excluding hydrogens is 319 g/mol. The smallest absolute Gasteiger partial charge is 0.310 e. The van der Waals surface area contributed by atoms with Crippen molar-refractivity contribution in [2.45, 2.75) is 19.8 Å². The average Bonchev–Trinajstić information content (AvgIpc) is 2.22. The second-order valence-corrected chi connectivity index (χ2v) is 4.27. The third-order valence-electron chi connectivity index (χ3n) is 1.87. The van der Waals surface area contributed by atoms with Crippen molar-refractivity contribution in [3.05, 3.63) is 26.9 Å². The van der Waals surface area contributed by atoms with Crippen LogP contribution < -0.4 is 0 Å². The fourth-order valence-electron chi connectivity index (χ4n) is 1.21. The average molecular weight is 329 g/mol. The lowest BCUT2D eigenvalue weighted by molar-refractivity contribution is -0.142. The van der Waals surface area contributed by atoms with Crippen LogP contribution >= 0.6 is 27.5 Å². The Morgan fingerprint density at radius 1 is 1.65 bits per heavy atom. The molecule has 0 aromatic carbocycles. The summed E-state index contributed by atoms with van der Waals surface area (Å²) in [6.07, 6.45) is -2.89. The van der Waals surface area contributed by atoms with E-state index >= 15 is 0 Å². The van der Waals surface area contributed by atoms with Crippen LogP contribution in [-0.2, 0) is 16.0 Å². The molecule has 0 aliphatic rings. The topological polar surface area (TPSA) is 39.2 Å². The van der Waals surface area contributed by atoms with Crippen molar-refractivity contribution in [1.29, 1.82) is 0 Å². The van der Waals surface area contributed by atoms with Gasteiger partial charge in [-0.1, -0.05) is 11.6 Å². The van der Waals surface area contributed by atoms with Gasteiger partial charge in [-0.15, -0.1) is 0 Å². The van der Waals surface area contributed by atoms with Crippen molar-refractivity contribution in [2.75, 3.05) is 6.61 Å². The summed E-state index contributed by atoms with van der Waals surface area (Å²) in [5.41, 5.74) is -0.143. The Morgan fingerprint density at radius 2 is 2.29 bits per heavy atom. The molecule has 17 heavy (non-hydrogen) atoms. The number of hydrogen-bond donors (Lipinski definition) is 0. The quantitative estimate of drug-likeness (QED) is 0.627. The number of carbonyl (C=O) groups excluding carboxylic acids is 1. The predicted molar refractivity (Wildman–Crippen MR) is 62.2 cm³/mol. The number of hydrogen-bond acceptors (Lipinski definition) is 3. The molecule has 7 heteroatoms. The van der Waals surface area contributed by atoms with Crippen LogP contribution in [0.4, 0.5) is 8.78 Å². The second kappa shape index (κ2) is 6.26. The van der Waals surface area contributed by atoms with Crippen LogP contribution in [0.5, 0.6) is 0 Å². The van der Waals surface area contributed by atoms with Gasteiger partial charge in [-0.2, -0.15) is 0 Å². The molecule has 1 rings (SSSR count). The molecule has 0 saturated carbocycles. The maximum Gasteiger partial charge on any atom is 0.310 e. The normalized spacial score (nSPS) is 10.7. The van der Waals surface area contributed by atoms with Crippen molar-refractivity contribution >= 4 is 33.5 Å². The summed E-state index contributed by atoms with van der Waals surface area (Å²) >= 11 is 8.60. The summed E-state index contributed by atoms with van der Waals surface area (Å²) in [5, 5.41) is -0.0807. The van der Waals surface area contributed by atoms with Gasteiger partial charge in [0.15, 0.2) is 0 Å². The number of esters is 1. The minimum atomic E-state index is -2.76. The third-order valence-corrected chi connectivity index (χ3v) is 2.98. The molecule has 0 aliphatic heterocycles. The second-order valence-electron chi connectivity index (χ2n) is 3.09. The molecule has 1 aromatic rings. The number of aromatic nitrogens is 1. The summed E-state index contributed by atoms with van der Waals surface area (Å²) in [6.45, 7) is 1.90. The van der Waals surface area contributed by atoms with Gasteiger partial charge in [-0.05, 0) is 34.5 Å². The molecule has 0 spiro atoms. The first-order valence-electron chi connectivity index (χ1n) is 4.74. The molecule has 1 heterocycles. The van der Waals surface area contributed by atoms with E-state index in [1.54, 1.807) is 6.92 Å². The van der Waals surface area contributed by atoms with E-state index in [0.29, 0.717) is 5.56 Å². The van der Waals surface area contributed by atoms with Crippen LogP contribution in [0.3, 0.4) is 0 Å². The fourth-order valence-corrected chi connectivity index (χ4v) is 1.95. The highest BCUT2D eigenvalue weighted by atomic mass is 79.9. The van der Waals surface area contributed by atoms with Crippen LogP contribution in [0, 0.1) is 0 Å². The zero-order chi connectivity index (χ0) is 13.0. The minimum Gasteiger partial charge on any atom is -0.466 e. The molecule has 94 valence electrons. The summed E-state index contributed by atoms with van der Waals surface area (Å²) in [7, 11) is 0. The Hall–Kier alpha value is -0.750. The van der Waals surface area contributed by atoms with Gasteiger partial charge in [-0.3, -0.25) is 4.79 Å². The molecule has 0 atom stereocenters. The van der Waals surface area contributed by atoms with Gasteiger partial charge < -0.3 is 4.74 Å². The molecule has 0 radical (unpaired) electrons. The van der Waals surface area contributed by atoms with Gasteiger partial charge in [0.1, 0.15) is 10.8 Å². The van der Waals surface area contributed by atoms with E-state index in [1.165, 1.54) is 6.07 Å². The third kappa shape index (κ3) is 3.89. The molecule has 0 saturated heterocycles. The lowest BCUT2D eigenvalue weighted by atomic mass is 10.1. The molecular formula is C10H9BrClF2NO2. The molecule has 0 fully saturated rings. The van der Waals surface area contributed by atoms with Crippen LogP contribution in [0.1, 0.15) is 24.6 Å². The summed E-state index contributed by atoms with van der Waals surface area (Å²) in [4.78, 5) is 14.8.